The van der Waals surface area contributed by atoms with Crippen molar-refractivity contribution in [3.8, 4) is 0 Å². The Morgan fingerprint density at radius 3 is 2.30 bits per heavy atom. The van der Waals surface area contributed by atoms with Gasteiger partial charge in [0, 0.05) is 19.4 Å². The topological polar surface area (TPSA) is 174 Å². The van der Waals surface area contributed by atoms with E-state index in [9.17, 15) is 28.8 Å². The number of ether oxygens (including phenoxy) is 1. The number of nitrogens with zero attached hydrogens (tertiary/aromatic N) is 1. The van der Waals surface area contributed by atoms with Crippen LogP contribution >= 0.6 is 0 Å². The lowest BCUT2D eigenvalue weighted by molar-refractivity contribution is -0.199. The number of carbonyl (C=O) groups excluding carboxylic acids is 6. The Morgan fingerprint density at radius 1 is 1.17 bits per heavy atom. The average Bonchev–Trinajstić information content (AvgIpc) is 2.95. The number of imide groups is 1. The molecule has 5 amide bonds. The third-order valence-corrected chi connectivity index (χ3v) is 5.05. The van der Waals surface area contributed by atoms with Gasteiger partial charge in [0.2, 0.25) is 5.91 Å². The van der Waals surface area contributed by atoms with Gasteiger partial charge in [-0.3, -0.25) is 19.2 Å². The first-order valence-electron chi connectivity index (χ1n) is 9.80. The van der Waals surface area contributed by atoms with Gasteiger partial charge in [0.15, 0.2) is 0 Å². The number of hydroxylamine groups is 2. The van der Waals surface area contributed by atoms with Crippen LogP contribution in [0.4, 0.5) is 4.79 Å². The van der Waals surface area contributed by atoms with Crippen molar-refractivity contribution in [3.63, 3.8) is 0 Å². The Labute approximate surface area is 172 Å². The highest BCUT2D eigenvalue weighted by Gasteiger charge is 2.53. The smallest absolute Gasteiger partial charge is 0.355 e. The molecular formula is C18H26N4O8. The molecule has 166 valence electrons. The maximum Gasteiger partial charge on any atom is 0.355 e. The van der Waals surface area contributed by atoms with Crippen LogP contribution in [-0.2, 0) is 33.5 Å². The molecule has 12 heteroatoms. The van der Waals surface area contributed by atoms with Crippen molar-refractivity contribution >= 4 is 35.7 Å². The molecule has 12 nitrogen and oxygen atoms in total. The maximum atomic E-state index is 12.8. The van der Waals surface area contributed by atoms with Gasteiger partial charge in [-0.2, -0.15) is 0 Å². The first-order chi connectivity index (χ1) is 14.2. The molecular weight excluding hydrogens is 400 g/mol. The SMILES string of the molecule is CCOC(=O)C1(C(=O)N[C@@H](CCCNC(N)=O)C(=O)ON2C(=O)CCC2=O)CCC1. The molecule has 0 bridgehead atoms. The van der Waals surface area contributed by atoms with Gasteiger partial charge >= 0.3 is 18.0 Å². The van der Waals surface area contributed by atoms with Crippen LogP contribution in [0.25, 0.3) is 0 Å². The largest absolute Gasteiger partial charge is 0.465 e. The standard InChI is InChI=1S/C18H26N4O8/c1-2-29-16(27)18(8-4-9-18)15(26)21-11(5-3-10-20-17(19)28)14(25)30-22-12(23)6-7-13(22)24/h11H,2-10H2,1H3,(H,21,26)(H3,19,20,28)/t11-/m0/s1. The molecule has 0 aromatic carbocycles. The average molecular weight is 426 g/mol. The van der Waals surface area contributed by atoms with Crippen molar-refractivity contribution in [2.75, 3.05) is 13.2 Å². The van der Waals surface area contributed by atoms with Gasteiger partial charge in [-0.05, 0) is 32.6 Å². The Hall–Kier alpha value is -3.18. The molecule has 0 spiro atoms. The second-order valence-electron chi connectivity index (χ2n) is 7.11. The number of hydrogen-bond donors (Lipinski definition) is 3. The van der Waals surface area contributed by atoms with E-state index in [1.807, 2.05) is 0 Å². The van der Waals surface area contributed by atoms with Crippen molar-refractivity contribution < 1.29 is 38.3 Å². The summed E-state index contributed by atoms with van der Waals surface area (Å²) in [6.07, 6.45) is 1.32. The third kappa shape index (κ3) is 5.24. The highest BCUT2D eigenvalue weighted by atomic mass is 16.7. The molecule has 1 saturated carbocycles. The van der Waals surface area contributed by atoms with E-state index in [-0.39, 0.29) is 51.7 Å². The third-order valence-electron chi connectivity index (χ3n) is 5.05. The first-order valence-corrected chi connectivity index (χ1v) is 9.80. The zero-order valence-corrected chi connectivity index (χ0v) is 16.7. The summed E-state index contributed by atoms with van der Waals surface area (Å²) in [5.74, 6) is -3.69. The lowest BCUT2D eigenvalue weighted by Gasteiger charge is -2.38. The Balaban J connectivity index is 2.07. The molecule has 1 atom stereocenters. The molecule has 1 saturated heterocycles. The van der Waals surface area contributed by atoms with E-state index in [0.717, 1.165) is 0 Å². The summed E-state index contributed by atoms with van der Waals surface area (Å²) in [5, 5.41) is 5.21. The normalized spacial score (nSPS) is 18.2. The van der Waals surface area contributed by atoms with E-state index in [2.05, 4.69) is 10.6 Å². The molecule has 1 aliphatic heterocycles. The second-order valence-corrected chi connectivity index (χ2v) is 7.11. The van der Waals surface area contributed by atoms with Gasteiger partial charge in [0.25, 0.3) is 11.8 Å². The molecule has 30 heavy (non-hydrogen) atoms. The van der Waals surface area contributed by atoms with Gasteiger partial charge in [-0.25, -0.2) is 9.59 Å². The molecule has 1 aliphatic carbocycles. The van der Waals surface area contributed by atoms with E-state index in [4.69, 9.17) is 15.3 Å². The second kappa shape index (κ2) is 10.0. The van der Waals surface area contributed by atoms with Gasteiger partial charge in [-0.1, -0.05) is 6.42 Å². The van der Waals surface area contributed by atoms with E-state index < -0.39 is 47.1 Å². The van der Waals surface area contributed by atoms with E-state index in [1.54, 1.807) is 6.92 Å². The minimum Gasteiger partial charge on any atom is -0.465 e. The number of carbonyl (C=O) groups is 6. The van der Waals surface area contributed by atoms with Crippen LogP contribution in [0.3, 0.4) is 0 Å². The van der Waals surface area contributed by atoms with Gasteiger partial charge in [0.05, 0.1) is 6.61 Å². The van der Waals surface area contributed by atoms with Gasteiger partial charge in [-0.15, -0.1) is 5.06 Å². The summed E-state index contributed by atoms with van der Waals surface area (Å²) in [5.41, 5.74) is 3.61. The summed E-state index contributed by atoms with van der Waals surface area (Å²) in [6.45, 7) is 1.86. The highest BCUT2D eigenvalue weighted by Crippen LogP contribution is 2.42. The molecule has 2 aliphatic rings. The van der Waals surface area contributed by atoms with Gasteiger partial charge in [0.1, 0.15) is 11.5 Å². The van der Waals surface area contributed by atoms with Crippen LogP contribution in [0.5, 0.6) is 0 Å². The zero-order valence-electron chi connectivity index (χ0n) is 16.7. The molecule has 1 heterocycles. The highest BCUT2D eigenvalue weighted by molar-refractivity contribution is 6.05. The van der Waals surface area contributed by atoms with E-state index in [0.29, 0.717) is 11.5 Å². The number of hydrogen-bond acceptors (Lipinski definition) is 8. The van der Waals surface area contributed by atoms with E-state index in [1.165, 1.54) is 0 Å². The van der Waals surface area contributed by atoms with E-state index >= 15 is 0 Å². The van der Waals surface area contributed by atoms with Crippen molar-refractivity contribution in [2.45, 2.75) is 57.9 Å². The van der Waals surface area contributed by atoms with Crippen LogP contribution < -0.4 is 16.4 Å². The quantitative estimate of drug-likeness (QED) is 0.177. The molecule has 2 fully saturated rings. The van der Waals surface area contributed by atoms with Crippen LogP contribution in [0.1, 0.15) is 51.9 Å². The fourth-order valence-electron chi connectivity index (χ4n) is 3.20. The number of nitrogens with two attached hydrogens (primary N) is 1. The number of urea groups is 1. The summed E-state index contributed by atoms with van der Waals surface area (Å²) < 4.78 is 5.00. The molecule has 0 aromatic heterocycles. The molecule has 2 rings (SSSR count). The molecule has 0 aromatic rings. The summed E-state index contributed by atoms with van der Waals surface area (Å²) in [6, 6.07) is -2.00. The minimum atomic E-state index is -1.38. The zero-order chi connectivity index (χ0) is 22.3. The van der Waals surface area contributed by atoms with Crippen molar-refractivity contribution in [1.82, 2.24) is 15.7 Å². The maximum absolute atomic E-state index is 12.8. The summed E-state index contributed by atoms with van der Waals surface area (Å²) in [7, 11) is 0. The van der Waals surface area contributed by atoms with Crippen LogP contribution in [0.2, 0.25) is 0 Å². The molecule has 0 radical (unpaired) electrons. The Bertz CT molecular complexity index is 718. The summed E-state index contributed by atoms with van der Waals surface area (Å²) >= 11 is 0. The fraction of sp³-hybridized carbons (Fsp3) is 0.667. The fourth-order valence-corrected chi connectivity index (χ4v) is 3.20. The Morgan fingerprint density at radius 2 is 1.80 bits per heavy atom. The summed E-state index contributed by atoms with van der Waals surface area (Å²) in [4.78, 5) is 76.8. The van der Waals surface area contributed by atoms with Crippen LogP contribution in [0, 0.1) is 5.41 Å². The van der Waals surface area contributed by atoms with Gasteiger partial charge < -0.3 is 25.9 Å². The van der Waals surface area contributed by atoms with Crippen LogP contribution in [-0.4, -0.2) is 59.9 Å². The molecule has 0 unspecified atom stereocenters. The van der Waals surface area contributed by atoms with Crippen molar-refractivity contribution in [2.24, 2.45) is 11.1 Å². The van der Waals surface area contributed by atoms with Crippen molar-refractivity contribution in [3.05, 3.63) is 0 Å². The lowest BCUT2D eigenvalue weighted by Crippen LogP contribution is -2.56. The van der Waals surface area contributed by atoms with Crippen molar-refractivity contribution in [1.29, 1.82) is 0 Å². The first kappa shape index (κ1) is 23.1. The number of esters is 1. The molecule has 4 N–H and O–H groups in total. The predicted octanol–water partition coefficient (Wildman–Crippen LogP) is -0.740. The lowest BCUT2D eigenvalue weighted by atomic mass is 9.68. The monoisotopic (exact) mass is 426 g/mol. The Kier molecular flexibility index (Phi) is 7.72. The number of rotatable bonds is 10. The number of nitrogens with one attached hydrogen (secondary N) is 2. The predicted molar refractivity (Wildman–Crippen MR) is 98.8 cm³/mol. The minimum absolute atomic E-state index is 0.0139. The number of amides is 5. The van der Waals surface area contributed by atoms with Crippen LogP contribution in [0.15, 0.2) is 0 Å². The number of primary amides is 1.